The van der Waals surface area contributed by atoms with Gasteiger partial charge in [-0.2, -0.15) is 0 Å². The number of hydrogen-bond donors (Lipinski definition) is 1. The van der Waals surface area contributed by atoms with Gasteiger partial charge >= 0.3 is 0 Å². The van der Waals surface area contributed by atoms with E-state index in [-0.39, 0.29) is 35.4 Å². The third-order valence-corrected chi connectivity index (χ3v) is 4.86. The Morgan fingerprint density at radius 2 is 1.72 bits per heavy atom. The molecule has 1 unspecified atom stereocenters. The van der Waals surface area contributed by atoms with Crippen LogP contribution >= 0.6 is 11.6 Å². The molecule has 0 saturated carbocycles. The summed E-state index contributed by atoms with van der Waals surface area (Å²) in [5, 5.41) is 2.96. The van der Waals surface area contributed by atoms with Gasteiger partial charge in [-0.05, 0) is 42.7 Å². The molecule has 0 saturated heterocycles. The maximum atomic E-state index is 14.1. The van der Waals surface area contributed by atoms with E-state index in [9.17, 15) is 18.4 Å². The van der Waals surface area contributed by atoms with Gasteiger partial charge in [-0.15, -0.1) is 0 Å². The molecule has 0 fully saturated rings. The second-order valence-corrected chi connectivity index (χ2v) is 7.75. The van der Waals surface area contributed by atoms with E-state index < -0.39 is 23.6 Å². The summed E-state index contributed by atoms with van der Waals surface area (Å²) in [4.78, 5) is 26.9. The molecule has 0 spiro atoms. The van der Waals surface area contributed by atoms with E-state index in [4.69, 9.17) is 11.6 Å². The second kappa shape index (κ2) is 10.3. The number of nitrogens with zero attached hydrogens (tertiary/aromatic N) is 1. The average molecular weight is 423 g/mol. The molecular weight excluding hydrogens is 398 g/mol. The molecule has 2 amide bonds. The predicted octanol–water partition coefficient (Wildman–Crippen LogP) is 4.35. The van der Waals surface area contributed by atoms with Crippen LogP contribution in [0.1, 0.15) is 31.9 Å². The van der Waals surface area contributed by atoms with Crippen LogP contribution < -0.4 is 5.32 Å². The summed E-state index contributed by atoms with van der Waals surface area (Å²) in [6.45, 7) is 6.10. The van der Waals surface area contributed by atoms with Crippen molar-refractivity contribution < 1.29 is 18.4 Å². The third-order valence-electron chi connectivity index (χ3n) is 4.51. The van der Waals surface area contributed by atoms with Crippen molar-refractivity contribution >= 4 is 23.4 Å². The lowest BCUT2D eigenvalue weighted by molar-refractivity contribution is -0.140. The fraction of sp³-hybridized carbons (Fsp3) is 0.364. The Morgan fingerprint density at radius 3 is 2.31 bits per heavy atom. The molecule has 0 radical (unpaired) electrons. The molecule has 7 heteroatoms. The minimum Gasteiger partial charge on any atom is -0.354 e. The topological polar surface area (TPSA) is 49.4 Å². The number of carbonyl (C=O) groups excluding carboxylic acids is 2. The summed E-state index contributed by atoms with van der Waals surface area (Å²) < 4.78 is 27.4. The van der Waals surface area contributed by atoms with E-state index in [2.05, 4.69) is 5.32 Å². The van der Waals surface area contributed by atoms with Crippen LogP contribution in [0.15, 0.2) is 42.5 Å². The van der Waals surface area contributed by atoms with Gasteiger partial charge in [0.1, 0.15) is 17.7 Å². The van der Waals surface area contributed by atoms with Crippen LogP contribution in [0.5, 0.6) is 0 Å². The van der Waals surface area contributed by atoms with Crippen molar-refractivity contribution in [2.24, 2.45) is 5.92 Å². The van der Waals surface area contributed by atoms with E-state index in [0.29, 0.717) is 12.1 Å². The van der Waals surface area contributed by atoms with E-state index in [1.54, 1.807) is 19.1 Å². The molecule has 0 aliphatic rings. The normalized spacial score (nSPS) is 12.0. The molecule has 4 nitrogen and oxygen atoms in total. The maximum absolute atomic E-state index is 14.1. The first kappa shape index (κ1) is 22.8. The van der Waals surface area contributed by atoms with Gasteiger partial charge in [-0.1, -0.05) is 43.6 Å². The van der Waals surface area contributed by atoms with Crippen molar-refractivity contribution in [2.45, 2.75) is 39.8 Å². The fourth-order valence-electron chi connectivity index (χ4n) is 2.78. The highest BCUT2D eigenvalue weighted by molar-refractivity contribution is 6.31. The zero-order chi connectivity index (χ0) is 21.6. The largest absolute Gasteiger partial charge is 0.354 e. The maximum Gasteiger partial charge on any atom is 0.242 e. The zero-order valence-electron chi connectivity index (χ0n) is 16.7. The molecule has 1 N–H and O–H groups in total. The van der Waals surface area contributed by atoms with Crippen molar-refractivity contribution in [3.8, 4) is 0 Å². The molecule has 0 aliphatic carbocycles. The Hall–Kier alpha value is -2.47. The van der Waals surface area contributed by atoms with E-state index in [1.807, 2.05) is 13.8 Å². The van der Waals surface area contributed by atoms with Crippen LogP contribution in [-0.2, 0) is 22.6 Å². The van der Waals surface area contributed by atoms with Crippen LogP contribution in [0.3, 0.4) is 0 Å². The summed E-state index contributed by atoms with van der Waals surface area (Å²) in [6, 6.07) is 9.08. The van der Waals surface area contributed by atoms with E-state index in [0.717, 1.165) is 0 Å². The SMILES string of the molecule is CC(C)CNC(=O)C(C)N(Cc1ccc(F)cc1)C(=O)Cc1c(F)cccc1Cl. The van der Waals surface area contributed by atoms with Gasteiger partial charge in [0.05, 0.1) is 6.42 Å². The van der Waals surface area contributed by atoms with Crippen LogP contribution in [0.2, 0.25) is 5.02 Å². The summed E-state index contributed by atoms with van der Waals surface area (Å²) >= 11 is 6.05. The fourth-order valence-corrected chi connectivity index (χ4v) is 3.01. The highest BCUT2D eigenvalue weighted by Crippen LogP contribution is 2.21. The van der Waals surface area contributed by atoms with Gasteiger partial charge in [0.15, 0.2) is 0 Å². The highest BCUT2D eigenvalue weighted by atomic mass is 35.5. The van der Waals surface area contributed by atoms with Crippen LogP contribution in [-0.4, -0.2) is 29.3 Å². The quantitative estimate of drug-likeness (QED) is 0.687. The van der Waals surface area contributed by atoms with Crippen LogP contribution in [0.25, 0.3) is 0 Å². The average Bonchev–Trinajstić information content (AvgIpc) is 2.67. The Kier molecular flexibility index (Phi) is 8.14. The lowest BCUT2D eigenvalue weighted by Gasteiger charge is -2.29. The van der Waals surface area contributed by atoms with Crippen molar-refractivity contribution in [1.82, 2.24) is 10.2 Å². The molecule has 2 aromatic rings. The minimum absolute atomic E-state index is 0.0815. The van der Waals surface area contributed by atoms with Crippen molar-refractivity contribution in [1.29, 1.82) is 0 Å². The predicted molar refractivity (Wildman–Crippen MR) is 109 cm³/mol. The lowest BCUT2D eigenvalue weighted by atomic mass is 10.1. The number of rotatable bonds is 8. The van der Waals surface area contributed by atoms with Gasteiger partial charge in [0, 0.05) is 23.7 Å². The molecule has 156 valence electrons. The van der Waals surface area contributed by atoms with Crippen LogP contribution in [0, 0.1) is 17.6 Å². The van der Waals surface area contributed by atoms with Gasteiger partial charge in [-0.3, -0.25) is 9.59 Å². The highest BCUT2D eigenvalue weighted by Gasteiger charge is 2.27. The first-order chi connectivity index (χ1) is 13.7. The zero-order valence-corrected chi connectivity index (χ0v) is 17.5. The monoisotopic (exact) mass is 422 g/mol. The summed E-state index contributed by atoms with van der Waals surface area (Å²) in [5.74, 6) is -1.48. The van der Waals surface area contributed by atoms with Crippen molar-refractivity contribution in [3.05, 3.63) is 70.2 Å². The van der Waals surface area contributed by atoms with Gasteiger partial charge in [0.2, 0.25) is 11.8 Å². The molecule has 1 atom stereocenters. The van der Waals surface area contributed by atoms with Gasteiger partial charge in [-0.25, -0.2) is 8.78 Å². The Labute approximate surface area is 174 Å². The number of amides is 2. The standard InChI is InChI=1S/C22H25ClF2N2O2/c1-14(2)12-26-22(29)15(3)27(13-16-7-9-17(24)10-8-16)21(28)11-18-19(23)5-4-6-20(18)25/h4-10,14-15H,11-13H2,1-3H3,(H,26,29). The second-order valence-electron chi connectivity index (χ2n) is 7.34. The number of carbonyl (C=O) groups is 2. The first-order valence-electron chi connectivity index (χ1n) is 9.43. The van der Waals surface area contributed by atoms with E-state index in [1.165, 1.54) is 35.2 Å². The summed E-state index contributed by atoms with van der Waals surface area (Å²) in [5.41, 5.74) is 0.737. The molecular formula is C22H25ClF2N2O2. The lowest BCUT2D eigenvalue weighted by Crippen LogP contribution is -2.48. The number of halogens is 3. The molecule has 2 rings (SSSR count). The molecule has 0 bridgehead atoms. The number of hydrogen-bond acceptors (Lipinski definition) is 2. The molecule has 0 heterocycles. The Bertz CT molecular complexity index is 836. The third kappa shape index (κ3) is 6.53. The van der Waals surface area contributed by atoms with Crippen LogP contribution in [0.4, 0.5) is 8.78 Å². The summed E-state index contributed by atoms with van der Waals surface area (Å²) in [6.07, 6.45) is -0.283. The molecule has 0 aromatic heterocycles. The number of nitrogens with one attached hydrogen (secondary N) is 1. The molecule has 0 aliphatic heterocycles. The smallest absolute Gasteiger partial charge is 0.242 e. The van der Waals surface area contributed by atoms with Crippen molar-refractivity contribution in [2.75, 3.05) is 6.54 Å². The Balaban J connectivity index is 2.26. The van der Waals surface area contributed by atoms with E-state index >= 15 is 0 Å². The number of benzene rings is 2. The minimum atomic E-state index is -0.795. The van der Waals surface area contributed by atoms with Crippen molar-refractivity contribution in [3.63, 3.8) is 0 Å². The Morgan fingerprint density at radius 1 is 1.07 bits per heavy atom. The molecule has 2 aromatic carbocycles. The molecule has 29 heavy (non-hydrogen) atoms. The van der Waals surface area contributed by atoms with Gasteiger partial charge in [0.25, 0.3) is 0 Å². The summed E-state index contributed by atoms with van der Waals surface area (Å²) in [7, 11) is 0. The van der Waals surface area contributed by atoms with Gasteiger partial charge < -0.3 is 10.2 Å². The first-order valence-corrected chi connectivity index (χ1v) is 9.81.